The van der Waals surface area contributed by atoms with Crippen molar-refractivity contribution in [2.45, 2.75) is 19.4 Å². The van der Waals surface area contributed by atoms with E-state index in [9.17, 15) is 0 Å². The SMILES string of the molecule is CNC(CCOCCOC)c1ccc(C)s1. The molecule has 0 radical (unpaired) electrons. The monoisotopic (exact) mass is 243 g/mol. The number of nitrogens with one attached hydrogen (secondary N) is 1. The zero-order valence-corrected chi connectivity index (χ0v) is 11.1. The molecule has 0 amide bonds. The summed E-state index contributed by atoms with van der Waals surface area (Å²) in [5, 5.41) is 3.32. The van der Waals surface area contributed by atoms with Crippen LogP contribution in [0.4, 0.5) is 0 Å². The molecule has 0 aliphatic carbocycles. The van der Waals surface area contributed by atoms with Gasteiger partial charge < -0.3 is 14.8 Å². The molecule has 16 heavy (non-hydrogen) atoms. The summed E-state index contributed by atoms with van der Waals surface area (Å²) in [4.78, 5) is 2.74. The fraction of sp³-hybridized carbons (Fsp3) is 0.667. The number of methoxy groups -OCH3 is 1. The van der Waals surface area contributed by atoms with Gasteiger partial charge in [-0.1, -0.05) is 0 Å². The van der Waals surface area contributed by atoms with Crippen molar-refractivity contribution in [3.63, 3.8) is 0 Å². The average Bonchev–Trinajstić information content (AvgIpc) is 2.70. The summed E-state index contributed by atoms with van der Waals surface area (Å²) in [5.41, 5.74) is 0. The molecule has 1 N–H and O–H groups in total. The number of ether oxygens (including phenoxy) is 2. The van der Waals surface area contributed by atoms with Crippen molar-refractivity contribution < 1.29 is 9.47 Å². The van der Waals surface area contributed by atoms with Gasteiger partial charge in [-0.2, -0.15) is 0 Å². The van der Waals surface area contributed by atoms with Crippen molar-refractivity contribution in [3.05, 3.63) is 21.9 Å². The van der Waals surface area contributed by atoms with Crippen LogP contribution in [0.25, 0.3) is 0 Å². The van der Waals surface area contributed by atoms with E-state index in [2.05, 4.69) is 24.4 Å². The molecular weight excluding hydrogens is 222 g/mol. The van der Waals surface area contributed by atoms with Gasteiger partial charge in [0.15, 0.2) is 0 Å². The Morgan fingerprint density at radius 2 is 2.12 bits per heavy atom. The molecule has 0 spiro atoms. The quantitative estimate of drug-likeness (QED) is 0.711. The molecule has 1 aromatic heterocycles. The molecule has 92 valence electrons. The van der Waals surface area contributed by atoms with Crippen molar-refractivity contribution in [1.82, 2.24) is 5.32 Å². The molecule has 1 rings (SSSR count). The first-order valence-electron chi connectivity index (χ1n) is 5.58. The highest BCUT2D eigenvalue weighted by atomic mass is 32.1. The van der Waals surface area contributed by atoms with Gasteiger partial charge in [0.1, 0.15) is 0 Å². The summed E-state index contributed by atoms with van der Waals surface area (Å²) < 4.78 is 10.4. The van der Waals surface area contributed by atoms with E-state index in [4.69, 9.17) is 9.47 Å². The summed E-state index contributed by atoms with van der Waals surface area (Å²) in [7, 11) is 3.68. The standard InChI is InChI=1S/C12H21NO2S/c1-10-4-5-12(16-10)11(13-2)6-7-15-9-8-14-3/h4-5,11,13H,6-9H2,1-3H3. The van der Waals surface area contributed by atoms with Crippen LogP contribution in [0.5, 0.6) is 0 Å². The van der Waals surface area contributed by atoms with E-state index in [0.717, 1.165) is 13.0 Å². The fourth-order valence-electron chi connectivity index (χ4n) is 1.52. The minimum absolute atomic E-state index is 0.404. The van der Waals surface area contributed by atoms with Crippen molar-refractivity contribution in [2.75, 3.05) is 34.0 Å². The second kappa shape index (κ2) is 7.79. The van der Waals surface area contributed by atoms with Crippen molar-refractivity contribution >= 4 is 11.3 Å². The Labute approximate surface area is 102 Å². The van der Waals surface area contributed by atoms with E-state index in [-0.39, 0.29) is 0 Å². The third kappa shape index (κ3) is 4.61. The lowest BCUT2D eigenvalue weighted by atomic mass is 10.2. The third-order valence-corrected chi connectivity index (χ3v) is 3.55. The van der Waals surface area contributed by atoms with Crippen LogP contribution >= 0.6 is 11.3 Å². The summed E-state index contributed by atoms with van der Waals surface area (Å²) in [6, 6.07) is 4.76. The summed E-state index contributed by atoms with van der Waals surface area (Å²) in [5.74, 6) is 0. The van der Waals surface area contributed by atoms with E-state index in [1.807, 2.05) is 18.4 Å². The molecular formula is C12H21NO2S. The van der Waals surface area contributed by atoms with Gasteiger partial charge in [0.05, 0.1) is 13.2 Å². The molecule has 0 saturated heterocycles. The summed E-state index contributed by atoms with van der Waals surface area (Å²) in [6.45, 7) is 4.25. The summed E-state index contributed by atoms with van der Waals surface area (Å²) >= 11 is 1.85. The van der Waals surface area contributed by atoms with Crippen LogP contribution in [0.15, 0.2) is 12.1 Å². The zero-order valence-electron chi connectivity index (χ0n) is 10.3. The van der Waals surface area contributed by atoms with Gasteiger partial charge in [-0.15, -0.1) is 11.3 Å². The second-order valence-corrected chi connectivity index (χ2v) is 5.00. The molecule has 3 nitrogen and oxygen atoms in total. The number of aryl methyl sites for hydroxylation is 1. The molecule has 0 aliphatic heterocycles. The first-order chi connectivity index (χ1) is 7.77. The van der Waals surface area contributed by atoms with E-state index in [0.29, 0.717) is 19.3 Å². The maximum absolute atomic E-state index is 5.47. The van der Waals surface area contributed by atoms with Crippen LogP contribution in [0.2, 0.25) is 0 Å². The van der Waals surface area contributed by atoms with E-state index in [1.54, 1.807) is 7.11 Å². The first kappa shape index (κ1) is 13.6. The van der Waals surface area contributed by atoms with Crippen LogP contribution < -0.4 is 5.32 Å². The predicted molar refractivity (Wildman–Crippen MR) is 68.2 cm³/mol. The molecule has 0 saturated carbocycles. The second-order valence-electron chi connectivity index (χ2n) is 3.68. The van der Waals surface area contributed by atoms with Crippen molar-refractivity contribution in [2.24, 2.45) is 0 Å². The van der Waals surface area contributed by atoms with E-state index >= 15 is 0 Å². The fourth-order valence-corrected chi connectivity index (χ4v) is 2.54. The summed E-state index contributed by atoms with van der Waals surface area (Å²) in [6.07, 6.45) is 1.00. The molecule has 0 fully saturated rings. The van der Waals surface area contributed by atoms with Gasteiger partial charge in [0.2, 0.25) is 0 Å². The Morgan fingerprint density at radius 3 is 2.69 bits per heavy atom. The Balaban J connectivity index is 2.27. The average molecular weight is 243 g/mol. The number of thiophene rings is 1. The van der Waals surface area contributed by atoms with Gasteiger partial charge in [-0.25, -0.2) is 0 Å². The molecule has 1 heterocycles. The minimum Gasteiger partial charge on any atom is -0.382 e. The molecule has 1 aromatic rings. The Morgan fingerprint density at radius 1 is 1.31 bits per heavy atom. The van der Waals surface area contributed by atoms with Gasteiger partial charge in [0.25, 0.3) is 0 Å². The predicted octanol–water partition coefficient (Wildman–Crippen LogP) is 2.37. The number of rotatable bonds is 8. The molecule has 0 aliphatic rings. The molecule has 1 unspecified atom stereocenters. The third-order valence-electron chi connectivity index (χ3n) is 2.44. The smallest absolute Gasteiger partial charge is 0.0700 e. The lowest BCUT2D eigenvalue weighted by molar-refractivity contribution is 0.0662. The van der Waals surface area contributed by atoms with Crippen LogP contribution in [-0.4, -0.2) is 34.0 Å². The van der Waals surface area contributed by atoms with Crippen LogP contribution in [-0.2, 0) is 9.47 Å². The van der Waals surface area contributed by atoms with E-state index < -0.39 is 0 Å². The van der Waals surface area contributed by atoms with Gasteiger partial charge in [-0.05, 0) is 32.5 Å². The lowest BCUT2D eigenvalue weighted by Gasteiger charge is -2.14. The molecule has 0 bridgehead atoms. The normalized spacial score (nSPS) is 12.9. The van der Waals surface area contributed by atoms with Crippen LogP contribution in [0.3, 0.4) is 0 Å². The molecule has 1 atom stereocenters. The van der Waals surface area contributed by atoms with Gasteiger partial charge >= 0.3 is 0 Å². The van der Waals surface area contributed by atoms with Crippen LogP contribution in [0, 0.1) is 6.92 Å². The molecule has 4 heteroatoms. The van der Waals surface area contributed by atoms with Crippen molar-refractivity contribution in [3.8, 4) is 0 Å². The largest absolute Gasteiger partial charge is 0.382 e. The number of hydrogen-bond donors (Lipinski definition) is 1. The van der Waals surface area contributed by atoms with Gasteiger partial charge in [0, 0.05) is 29.5 Å². The lowest BCUT2D eigenvalue weighted by Crippen LogP contribution is -2.17. The van der Waals surface area contributed by atoms with Gasteiger partial charge in [-0.3, -0.25) is 0 Å². The zero-order chi connectivity index (χ0) is 11.8. The highest BCUT2D eigenvalue weighted by molar-refractivity contribution is 7.12. The van der Waals surface area contributed by atoms with Crippen LogP contribution in [0.1, 0.15) is 22.2 Å². The number of hydrogen-bond acceptors (Lipinski definition) is 4. The maximum Gasteiger partial charge on any atom is 0.0700 e. The Hall–Kier alpha value is -0.420. The first-order valence-corrected chi connectivity index (χ1v) is 6.40. The maximum atomic E-state index is 5.47. The minimum atomic E-state index is 0.404. The highest BCUT2D eigenvalue weighted by Gasteiger charge is 2.10. The topological polar surface area (TPSA) is 30.5 Å². The van der Waals surface area contributed by atoms with Crippen molar-refractivity contribution in [1.29, 1.82) is 0 Å². The Kier molecular flexibility index (Phi) is 6.64. The highest BCUT2D eigenvalue weighted by Crippen LogP contribution is 2.24. The molecule has 0 aromatic carbocycles. The van der Waals surface area contributed by atoms with E-state index in [1.165, 1.54) is 9.75 Å². The Bertz CT molecular complexity index is 288.